The molecule has 0 aromatic carbocycles. The average molecular weight is 345 g/mol. The topological polar surface area (TPSA) is 15.3 Å². The SMILES string of the molecule is CC1CCC(NCCN(C)Cc2csc(Br)c2)CC1. The summed E-state index contributed by atoms with van der Waals surface area (Å²) >= 11 is 5.29. The molecule has 108 valence electrons. The zero-order valence-electron chi connectivity index (χ0n) is 12.0. The Morgan fingerprint density at radius 1 is 1.37 bits per heavy atom. The van der Waals surface area contributed by atoms with Crippen molar-refractivity contribution in [2.24, 2.45) is 5.92 Å². The van der Waals surface area contributed by atoms with Gasteiger partial charge in [-0.25, -0.2) is 0 Å². The quantitative estimate of drug-likeness (QED) is 0.835. The maximum absolute atomic E-state index is 3.72. The Bertz CT molecular complexity index is 372. The van der Waals surface area contributed by atoms with E-state index in [1.165, 1.54) is 35.0 Å². The molecule has 2 nitrogen and oxygen atoms in total. The molecule has 2 rings (SSSR count). The lowest BCUT2D eigenvalue weighted by Gasteiger charge is -2.27. The molecule has 4 heteroatoms. The van der Waals surface area contributed by atoms with E-state index < -0.39 is 0 Å². The molecule has 1 aliphatic carbocycles. The normalized spacial score (nSPS) is 24.0. The minimum absolute atomic E-state index is 0.764. The molecule has 0 radical (unpaired) electrons. The van der Waals surface area contributed by atoms with Crippen molar-refractivity contribution >= 4 is 27.3 Å². The maximum atomic E-state index is 3.72. The fraction of sp³-hybridized carbons (Fsp3) is 0.733. The standard InChI is InChI=1S/C15H25BrN2S/c1-12-3-5-14(6-4-12)17-7-8-18(2)10-13-9-15(16)19-11-13/h9,11-12,14,17H,3-8,10H2,1-2H3. The first-order chi connectivity index (χ1) is 9.13. The summed E-state index contributed by atoms with van der Waals surface area (Å²) in [6.07, 6.45) is 5.53. The molecule has 1 aliphatic rings. The van der Waals surface area contributed by atoms with Crippen LogP contribution < -0.4 is 5.32 Å². The van der Waals surface area contributed by atoms with Gasteiger partial charge in [-0.05, 0) is 71.6 Å². The van der Waals surface area contributed by atoms with E-state index in [1.54, 1.807) is 11.3 Å². The van der Waals surface area contributed by atoms with Gasteiger partial charge in [0.15, 0.2) is 0 Å². The molecule has 0 aliphatic heterocycles. The molecular formula is C15H25BrN2S. The van der Waals surface area contributed by atoms with Crippen molar-refractivity contribution in [1.29, 1.82) is 0 Å². The molecule has 0 atom stereocenters. The van der Waals surface area contributed by atoms with Crippen LogP contribution in [0.5, 0.6) is 0 Å². The summed E-state index contributed by atoms with van der Waals surface area (Å²) in [5.74, 6) is 0.942. The molecular weight excluding hydrogens is 320 g/mol. The molecule has 1 fully saturated rings. The lowest BCUT2D eigenvalue weighted by Crippen LogP contribution is -2.37. The monoisotopic (exact) mass is 344 g/mol. The van der Waals surface area contributed by atoms with Gasteiger partial charge in [-0.3, -0.25) is 0 Å². The van der Waals surface area contributed by atoms with Crippen molar-refractivity contribution in [1.82, 2.24) is 10.2 Å². The van der Waals surface area contributed by atoms with Crippen molar-refractivity contribution < 1.29 is 0 Å². The number of hydrogen-bond donors (Lipinski definition) is 1. The van der Waals surface area contributed by atoms with Gasteiger partial charge in [0.05, 0.1) is 3.79 Å². The van der Waals surface area contributed by atoms with Crippen LogP contribution in [0.3, 0.4) is 0 Å². The Morgan fingerprint density at radius 3 is 2.74 bits per heavy atom. The van der Waals surface area contributed by atoms with Gasteiger partial charge in [-0.1, -0.05) is 6.92 Å². The minimum Gasteiger partial charge on any atom is -0.313 e. The second-order valence-electron chi connectivity index (χ2n) is 5.91. The van der Waals surface area contributed by atoms with Crippen molar-refractivity contribution in [2.45, 2.75) is 45.2 Å². The summed E-state index contributed by atoms with van der Waals surface area (Å²) in [7, 11) is 2.20. The second-order valence-corrected chi connectivity index (χ2v) is 8.20. The molecule has 0 unspecified atom stereocenters. The number of nitrogens with zero attached hydrogens (tertiary/aromatic N) is 1. The Labute approximate surface area is 129 Å². The highest BCUT2D eigenvalue weighted by Gasteiger charge is 2.17. The summed E-state index contributed by atoms with van der Waals surface area (Å²) in [5.41, 5.74) is 1.41. The molecule has 0 saturated heterocycles. The van der Waals surface area contributed by atoms with E-state index in [0.717, 1.165) is 31.6 Å². The lowest BCUT2D eigenvalue weighted by molar-refractivity contribution is 0.279. The Balaban J connectivity index is 1.60. The molecule has 0 spiro atoms. The van der Waals surface area contributed by atoms with Crippen LogP contribution in [-0.4, -0.2) is 31.1 Å². The van der Waals surface area contributed by atoms with Gasteiger partial charge in [0.25, 0.3) is 0 Å². The van der Waals surface area contributed by atoms with Crippen LogP contribution in [0.4, 0.5) is 0 Å². The summed E-state index contributed by atoms with van der Waals surface area (Å²) < 4.78 is 1.23. The summed E-state index contributed by atoms with van der Waals surface area (Å²) in [5, 5.41) is 5.95. The fourth-order valence-electron chi connectivity index (χ4n) is 2.74. The third kappa shape index (κ3) is 5.54. The van der Waals surface area contributed by atoms with Crippen molar-refractivity contribution in [3.63, 3.8) is 0 Å². The number of halogens is 1. The fourth-order valence-corrected chi connectivity index (χ4v) is 3.94. The van der Waals surface area contributed by atoms with E-state index in [2.05, 4.69) is 51.6 Å². The molecule has 1 N–H and O–H groups in total. The first kappa shape index (κ1) is 15.5. The number of nitrogens with one attached hydrogen (secondary N) is 1. The van der Waals surface area contributed by atoms with Crippen molar-refractivity contribution in [3.05, 3.63) is 20.8 Å². The summed E-state index contributed by atoms with van der Waals surface area (Å²) in [4.78, 5) is 2.40. The number of thiophene rings is 1. The number of likely N-dealkylation sites (N-methyl/N-ethyl adjacent to an activating group) is 1. The van der Waals surface area contributed by atoms with Crippen LogP contribution >= 0.6 is 27.3 Å². The molecule has 1 saturated carbocycles. The lowest BCUT2D eigenvalue weighted by atomic mass is 9.87. The van der Waals surface area contributed by atoms with Crippen LogP contribution in [0.1, 0.15) is 38.2 Å². The zero-order valence-corrected chi connectivity index (χ0v) is 14.4. The van der Waals surface area contributed by atoms with Gasteiger partial charge in [-0.2, -0.15) is 0 Å². The highest BCUT2D eigenvalue weighted by Crippen LogP contribution is 2.23. The van der Waals surface area contributed by atoms with Crippen LogP contribution in [-0.2, 0) is 6.54 Å². The number of hydrogen-bond acceptors (Lipinski definition) is 3. The van der Waals surface area contributed by atoms with Gasteiger partial charge in [0.2, 0.25) is 0 Å². The van der Waals surface area contributed by atoms with Crippen molar-refractivity contribution in [3.8, 4) is 0 Å². The largest absolute Gasteiger partial charge is 0.313 e. The number of rotatable bonds is 6. The van der Waals surface area contributed by atoms with E-state index in [9.17, 15) is 0 Å². The average Bonchev–Trinajstić information content (AvgIpc) is 2.77. The predicted octanol–water partition coefficient (Wildman–Crippen LogP) is 4.11. The van der Waals surface area contributed by atoms with Crippen molar-refractivity contribution in [2.75, 3.05) is 20.1 Å². The Hall–Kier alpha value is 0.100. The molecule has 1 aromatic rings. The molecule has 1 aromatic heterocycles. The summed E-state index contributed by atoms with van der Waals surface area (Å²) in [6.45, 7) is 5.66. The third-order valence-corrected chi connectivity index (χ3v) is 5.57. The van der Waals surface area contributed by atoms with Crippen LogP contribution in [0.25, 0.3) is 0 Å². The Morgan fingerprint density at radius 2 is 2.11 bits per heavy atom. The molecule has 19 heavy (non-hydrogen) atoms. The van der Waals surface area contributed by atoms with Crippen LogP contribution in [0, 0.1) is 5.92 Å². The minimum atomic E-state index is 0.764. The van der Waals surface area contributed by atoms with E-state index in [-0.39, 0.29) is 0 Å². The zero-order chi connectivity index (χ0) is 13.7. The van der Waals surface area contributed by atoms with E-state index in [0.29, 0.717) is 0 Å². The third-order valence-electron chi connectivity index (χ3n) is 4.02. The summed E-state index contributed by atoms with van der Waals surface area (Å²) in [6, 6.07) is 2.98. The Kier molecular flexibility index (Phi) is 6.33. The van der Waals surface area contributed by atoms with E-state index in [1.807, 2.05) is 0 Å². The first-order valence-corrected chi connectivity index (χ1v) is 8.95. The smallest absolute Gasteiger partial charge is 0.0701 e. The first-order valence-electron chi connectivity index (χ1n) is 7.28. The van der Waals surface area contributed by atoms with Gasteiger partial charge in [0, 0.05) is 25.7 Å². The van der Waals surface area contributed by atoms with Gasteiger partial charge < -0.3 is 10.2 Å². The maximum Gasteiger partial charge on any atom is 0.0701 e. The van der Waals surface area contributed by atoms with Gasteiger partial charge in [-0.15, -0.1) is 11.3 Å². The van der Waals surface area contributed by atoms with Gasteiger partial charge in [0.1, 0.15) is 0 Å². The van der Waals surface area contributed by atoms with Crippen LogP contribution in [0.15, 0.2) is 15.2 Å². The molecule has 0 amide bonds. The highest BCUT2D eigenvalue weighted by molar-refractivity contribution is 9.11. The molecule has 1 heterocycles. The predicted molar refractivity (Wildman–Crippen MR) is 87.8 cm³/mol. The van der Waals surface area contributed by atoms with Gasteiger partial charge >= 0.3 is 0 Å². The highest BCUT2D eigenvalue weighted by atomic mass is 79.9. The van der Waals surface area contributed by atoms with E-state index in [4.69, 9.17) is 0 Å². The molecule has 0 bridgehead atoms. The second kappa shape index (κ2) is 7.77. The van der Waals surface area contributed by atoms with Crippen LogP contribution in [0.2, 0.25) is 0 Å². The van der Waals surface area contributed by atoms with E-state index >= 15 is 0 Å².